The first-order valence-corrected chi connectivity index (χ1v) is 8.89. The van der Waals surface area contributed by atoms with Crippen molar-refractivity contribution in [2.75, 3.05) is 20.2 Å². The molecule has 4 nitrogen and oxygen atoms in total. The molecule has 1 aromatic heterocycles. The van der Waals surface area contributed by atoms with E-state index in [9.17, 15) is 0 Å². The summed E-state index contributed by atoms with van der Waals surface area (Å²) in [6.07, 6.45) is 2.00. The number of hydrogen-bond acceptors (Lipinski definition) is 3. The second-order valence-corrected chi connectivity index (χ2v) is 6.65. The number of nitrogens with one attached hydrogen (secondary N) is 2. The van der Waals surface area contributed by atoms with Gasteiger partial charge in [0.25, 0.3) is 0 Å². The minimum Gasteiger partial charge on any atom is -0.493 e. The van der Waals surface area contributed by atoms with Gasteiger partial charge in [0.15, 0.2) is 5.96 Å². The van der Waals surface area contributed by atoms with E-state index in [0.717, 1.165) is 37.7 Å². The molecule has 2 N–H and O–H groups in total. The molecule has 1 unspecified atom stereocenters. The van der Waals surface area contributed by atoms with E-state index < -0.39 is 0 Å². The Labute approximate surface area is 141 Å². The molecule has 2 heterocycles. The van der Waals surface area contributed by atoms with E-state index in [0.29, 0.717) is 0 Å². The van der Waals surface area contributed by atoms with Crippen molar-refractivity contribution in [2.45, 2.75) is 25.8 Å². The van der Waals surface area contributed by atoms with E-state index >= 15 is 0 Å². The second-order valence-electron chi connectivity index (χ2n) is 5.67. The molecule has 23 heavy (non-hydrogen) atoms. The molecule has 1 atom stereocenters. The lowest BCUT2D eigenvalue weighted by Gasteiger charge is -2.17. The first-order valence-electron chi connectivity index (χ1n) is 8.01. The number of benzene rings is 1. The number of guanidine groups is 1. The first-order chi connectivity index (χ1) is 11.3. The Kier molecular flexibility index (Phi) is 5.18. The summed E-state index contributed by atoms with van der Waals surface area (Å²) in [7, 11) is 1.81. The highest BCUT2D eigenvalue weighted by atomic mass is 32.1. The molecular formula is C18H23N3OS. The molecule has 0 bridgehead atoms. The maximum absolute atomic E-state index is 5.55. The van der Waals surface area contributed by atoms with Crippen LogP contribution in [0.5, 0.6) is 5.75 Å². The minimum absolute atomic E-state index is 0.262. The molecule has 0 saturated carbocycles. The van der Waals surface area contributed by atoms with Gasteiger partial charge in [-0.2, -0.15) is 0 Å². The summed E-state index contributed by atoms with van der Waals surface area (Å²) in [5, 5.41) is 8.92. The molecular weight excluding hydrogens is 306 g/mol. The van der Waals surface area contributed by atoms with Gasteiger partial charge in [-0.1, -0.05) is 18.2 Å². The van der Waals surface area contributed by atoms with Gasteiger partial charge >= 0.3 is 0 Å². The number of fused-ring (bicyclic) bond motifs is 1. The minimum atomic E-state index is 0.262. The lowest BCUT2D eigenvalue weighted by atomic mass is 10.1. The molecule has 1 aromatic carbocycles. The van der Waals surface area contributed by atoms with Crippen molar-refractivity contribution in [3.05, 3.63) is 51.7 Å². The van der Waals surface area contributed by atoms with E-state index in [1.807, 2.05) is 7.05 Å². The summed E-state index contributed by atoms with van der Waals surface area (Å²) in [5.41, 5.74) is 2.67. The summed E-state index contributed by atoms with van der Waals surface area (Å²) in [6, 6.07) is 11.0. The van der Waals surface area contributed by atoms with Gasteiger partial charge in [-0.3, -0.25) is 4.99 Å². The van der Waals surface area contributed by atoms with Crippen molar-refractivity contribution in [1.82, 2.24) is 10.6 Å². The molecule has 0 spiro atoms. The monoisotopic (exact) mass is 329 g/mol. The molecule has 5 heteroatoms. The topological polar surface area (TPSA) is 45.7 Å². The third kappa shape index (κ3) is 4.05. The van der Waals surface area contributed by atoms with Gasteiger partial charge < -0.3 is 15.4 Å². The fraction of sp³-hybridized carbons (Fsp3) is 0.389. The van der Waals surface area contributed by atoms with Gasteiger partial charge in [0.2, 0.25) is 0 Å². The van der Waals surface area contributed by atoms with Crippen LogP contribution in [0.3, 0.4) is 0 Å². The predicted molar refractivity (Wildman–Crippen MR) is 96.6 cm³/mol. The van der Waals surface area contributed by atoms with Crippen LogP contribution in [0, 0.1) is 0 Å². The fourth-order valence-corrected chi connectivity index (χ4v) is 3.46. The van der Waals surface area contributed by atoms with E-state index in [-0.39, 0.29) is 6.04 Å². The zero-order valence-electron chi connectivity index (χ0n) is 13.6. The quantitative estimate of drug-likeness (QED) is 0.654. The summed E-state index contributed by atoms with van der Waals surface area (Å²) in [6.45, 7) is 3.82. The average molecular weight is 329 g/mol. The predicted octanol–water partition coefficient (Wildman–Crippen LogP) is 3.15. The SMILES string of the molecule is CN=C(NCCc1ccc2c(c1)CCO2)NC(C)c1cccs1. The summed E-state index contributed by atoms with van der Waals surface area (Å²) >= 11 is 1.76. The van der Waals surface area contributed by atoms with Crippen molar-refractivity contribution in [3.8, 4) is 5.75 Å². The highest BCUT2D eigenvalue weighted by Gasteiger charge is 2.12. The summed E-state index contributed by atoms with van der Waals surface area (Å²) < 4.78 is 5.55. The Balaban J connectivity index is 1.49. The Morgan fingerprint density at radius 1 is 1.39 bits per heavy atom. The highest BCUT2D eigenvalue weighted by Crippen LogP contribution is 2.25. The van der Waals surface area contributed by atoms with Crippen molar-refractivity contribution >= 4 is 17.3 Å². The van der Waals surface area contributed by atoms with Gasteiger partial charge in [0.1, 0.15) is 5.75 Å². The summed E-state index contributed by atoms with van der Waals surface area (Å²) in [5.74, 6) is 1.89. The molecule has 122 valence electrons. The van der Waals surface area contributed by atoms with Crippen molar-refractivity contribution < 1.29 is 4.74 Å². The van der Waals surface area contributed by atoms with Gasteiger partial charge in [-0.05, 0) is 42.0 Å². The maximum atomic E-state index is 5.55. The van der Waals surface area contributed by atoms with Crippen molar-refractivity contribution in [3.63, 3.8) is 0 Å². The van der Waals surface area contributed by atoms with Crippen LogP contribution in [0.2, 0.25) is 0 Å². The number of hydrogen-bond donors (Lipinski definition) is 2. The van der Waals surface area contributed by atoms with Gasteiger partial charge in [0.05, 0.1) is 12.6 Å². The molecule has 0 radical (unpaired) electrons. The number of aliphatic imine (C=N–C) groups is 1. The van der Waals surface area contributed by atoms with Crippen LogP contribution in [0.25, 0.3) is 0 Å². The third-order valence-corrected chi connectivity index (χ3v) is 5.06. The van der Waals surface area contributed by atoms with E-state index in [1.54, 1.807) is 11.3 Å². The largest absolute Gasteiger partial charge is 0.493 e. The number of ether oxygens (including phenoxy) is 1. The molecule has 3 rings (SSSR count). The van der Waals surface area contributed by atoms with Gasteiger partial charge in [-0.25, -0.2) is 0 Å². The van der Waals surface area contributed by atoms with Gasteiger partial charge in [0, 0.05) is 24.9 Å². The van der Waals surface area contributed by atoms with Crippen LogP contribution in [0.4, 0.5) is 0 Å². The van der Waals surface area contributed by atoms with Crippen LogP contribution >= 0.6 is 11.3 Å². The Morgan fingerprint density at radius 3 is 3.09 bits per heavy atom. The Morgan fingerprint density at radius 2 is 2.30 bits per heavy atom. The lowest BCUT2D eigenvalue weighted by molar-refractivity contribution is 0.357. The molecule has 1 aliphatic heterocycles. The van der Waals surface area contributed by atoms with Crippen LogP contribution in [-0.4, -0.2) is 26.2 Å². The number of nitrogens with zero attached hydrogens (tertiary/aromatic N) is 1. The normalized spacial score (nSPS) is 15.0. The zero-order chi connectivity index (χ0) is 16.1. The molecule has 1 aliphatic rings. The molecule has 2 aromatic rings. The highest BCUT2D eigenvalue weighted by molar-refractivity contribution is 7.10. The van der Waals surface area contributed by atoms with E-state index in [4.69, 9.17) is 4.74 Å². The van der Waals surface area contributed by atoms with Crippen LogP contribution in [-0.2, 0) is 12.8 Å². The van der Waals surface area contributed by atoms with E-state index in [2.05, 4.69) is 58.3 Å². The average Bonchev–Trinajstić information content (AvgIpc) is 3.24. The maximum Gasteiger partial charge on any atom is 0.191 e. The van der Waals surface area contributed by atoms with Crippen LogP contribution < -0.4 is 15.4 Å². The molecule has 0 amide bonds. The van der Waals surface area contributed by atoms with Gasteiger partial charge in [-0.15, -0.1) is 11.3 Å². The Hall–Kier alpha value is -2.01. The van der Waals surface area contributed by atoms with Crippen LogP contribution in [0.15, 0.2) is 40.7 Å². The second kappa shape index (κ2) is 7.51. The number of rotatable bonds is 5. The molecule has 0 saturated heterocycles. The standard InChI is InChI=1S/C18H23N3OS/c1-13(17-4-3-11-23-17)21-18(19-2)20-9-7-14-5-6-16-15(12-14)8-10-22-16/h3-6,11-13H,7-10H2,1-2H3,(H2,19,20,21). The fourth-order valence-electron chi connectivity index (χ4n) is 2.73. The van der Waals surface area contributed by atoms with Crippen molar-refractivity contribution in [2.24, 2.45) is 4.99 Å². The number of thiophene rings is 1. The molecule has 0 fully saturated rings. The first kappa shape index (κ1) is 15.9. The lowest BCUT2D eigenvalue weighted by Crippen LogP contribution is -2.39. The third-order valence-electron chi connectivity index (χ3n) is 4.01. The van der Waals surface area contributed by atoms with E-state index in [1.165, 1.54) is 16.0 Å². The molecule has 0 aliphatic carbocycles. The summed E-state index contributed by atoms with van der Waals surface area (Å²) in [4.78, 5) is 5.62. The van der Waals surface area contributed by atoms with Crippen molar-refractivity contribution in [1.29, 1.82) is 0 Å². The van der Waals surface area contributed by atoms with Crippen LogP contribution in [0.1, 0.15) is 29.0 Å². The zero-order valence-corrected chi connectivity index (χ0v) is 14.5. The Bertz CT molecular complexity index is 667. The smallest absolute Gasteiger partial charge is 0.191 e.